The average molecular weight is 229 g/mol. The van der Waals surface area contributed by atoms with Gasteiger partial charge in [0.15, 0.2) is 0 Å². The largest absolute Gasteiger partial charge is 0.357 e. The first-order chi connectivity index (χ1) is 8.43. The highest BCUT2D eigenvalue weighted by atomic mass is 16.5. The van der Waals surface area contributed by atoms with Gasteiger partial charge in [-0.2, -0.15) is 5.10 Å². The molecule has 2 aromatic heterocycles. The summed E-state index contributed by atoms with van der Waals surface area (Å²) in [6.07, 6.45) is 9.11. The Hall–Kier alpha value is -1.68. The van der Waals surface area contributed by atoms with Crippen molar-refractivity contribution < 1.29 is 4.74 Å². The molecule has 17 heavy (non-hydrogen) atoms. The lowest BCUT2D eigenvalue weighted by Gasteiger charge is -2.22. The van der Waals surface area contributed by atoms with Crippen molar-refractivity contribution in [3.05, 3.63) is 36.8 Å². The van der Waals surface area contributed by atoms with E-state index in [0.29, 0.717) is 0 Å². The summed E-state index contributed by atoms with van der Waals surface area (Å²) in [5, 5.41) is 4.56. The number of aromatic nitrogens is 3. The molecule has 1 aliphatic heterocycles. The minimum Gasteiger partial charge on any atom is -0.357 e. The number of hydrogen-bond acceptors (Lipinski definition) is 3. The van der Waals surface area contributed by atoms with E-state index in [1.165, 1.54) is 6.42 Å². The van der Waals surface area contributed by atoms with Crippen molar-refractivity contribution in [2.75, 3.05) is 6.61 Å². The summed E-state index contributed by atoms with van der Waals surface area (Å²) >= 11 is 0. The molecule has 0 bridgehead atoms. The summed E-state index contributed by atoms with van der Waals surface area (Å²) in [4.78, 5) is 4.10. The lowest BCUT2D eigenvalue weighted by Crippen LogP contribution is -2.18. The van der Waals surface area contributed by atoms with Crippen LogP contribution in [0.2, 0.25) is 0 Å². The molecule has 3 rings (SSSR count). The lowest BCUT2D eigenvalue weighted by molar-refractivity contribution is -0.0393. The average Bonchev–Trinajstić information content (AvgIpc) is 2.90. The van der Waals surface area contributed by atoms with Gasteiger partial charge in [0.05, 0.1) is 5.69 Å². The minimum atomic E-state index is 0.106. The Bertz CT molecular complexity index is 474. The standard InChI is InChI=1S/C13H15N3O/c1-2-9-17-13(5-1)16-8-6-12(15-16)11-4-3-7-14-10-11/h3-4,6-8,10,13H,1-2,5,9H2. The molecule has 0 spiro atoms. The number of ether oxygens (including phenoxy) is 1. The van der Waals surface area contributed by atoms with Gasteiger partial charge in [-0.15, -0.1) is 0 Å². The zero-order valence-electron chi connectivity index (χ0n) is 9.62. The molecule has 88 valence electrons. The van der Waals surface area contributed by atoms with Crippen LogP contribution in [0.25, 0.3) is 11.3 Å². The Morgan fingerprint density at radius 1 is 1.29 bits per heavy atom. The van der Waals surface area contributed by atoms with Crippen molar-refractivity contribution in [3.63, 3.8) is 0 Å². The fourth-order valence-corrected chi connectivity index (χ4v) is 2.10. The second kappa shape index (κ2) is 4.67. The van der Waals surface area contributed by atoms with E-state index in [4.69, 9.17) is 4.74 Å². The van der Waals surface area contributed by atoms with E-state index < -0.39 is 0 Å². The predicted molar refractivity (Wildman–Crippen MR) is 64.3 cm³/mol. The molecule has 2 aromatic rings. The molecular formula is C13H15N3O. The maximum Gasteiger partial charge on any atom is 0.150 e. The van der Waals surface area contributed by atoms with Gasteiger partial charge in [-0.3, -0.25) is 4.98 Å². The Kier molecular flexibility index (Phi) is 2.88. The molecule has 3 heterocycles. The highest BCUT2D eigenvalue weighted by molar-refractivity contribution is 5.56. The third-order valence-electron chi connectivity index (χ3n) is 3.02. The highest BCUT2D eigenvalue weighted by Gasteiger charge is 2.16. The first kappa shape index (κ1) is 10.5. The maximum atomic E-state index is 5.70. The van der Waals surface area contributed by atoms with Crippen LogP contribution in [-0.2, 0) is 4.74 Å². The van der Waals surface area contributed by atoms with Crippen molar-refractivity contribution in [1.82, 2.24) is 14.8 Å². The Morgan fingerprint density at radius 3 is 3.06 bits per heavy atom. The number of rotatable bonds is 2. The Labute approximate surface area is 100 Å². The Balaban J connectivity index is 1.83. The van der Waals surface area contributed by atoms with Crippen LogP contribution in [0.15, 0.2) is 36.8 Å². The van der Waals surface area contributed by atoms with E-state index in [9.17, 15) is 0 Å². The van der Waals surface area contributed by atoms with E-state index in [0.717, 1.165) is 30.7 Å². The minimum absolute atomic E-state index is 0.106. The van der Waals surface area contributed by atoms with Crippen LogP contribution in [-0.4, -0.2) is 21.4 Å². The quantitative estimate of drug-likeness (QED) is 0.794. The van der Waals surface area contributed by atoms with Gasteiger partial charge in [0.1, 0.15) is 6.23 Å². The molecule has 0 saturated carbocycles. The molecule has 1 unspecified atom stereocenters. The van der Waals surface area contributed by atoms with Crippen LogP contribution in [0.5, 0.6) is 0 Å². The monoisotopic (exact) mass is 229 g/mol. The van der Waals surface area contributed by atoms with Gasteiger partial charge in [-0.05, 0) is 37.5 Å². The van der Waals surface area contributed by atoms with Crippen molar-refractivity contribution in [2.45, 2.75) is 25.5 Å². The van der Waals surface area contributed by atoms with Crippen molar-refractivity contribution in [2.24, 2.45) is 0 Å². The van der Waals surface area contributed by atoms with Crippen molar-refractivity contribution >= 4 is 0 Å². The van der Waals surface area contributed by atoms with Crippen LogP contribution >= 0.6 is 0 Å². The first-order valence-electron chi connectivity index (χ1n) is 6.01. The van der Waals surface area contributed by atoms with E-state index in [1.807, 2.05) is 35.3 Å². The zero-order valence-corrected chi connectivity index (χ0v) is 9.62. The van der Waals surface area contributed by atoms with Crippen molar-refractivity contribution in [3.8, 4) is 11.3 Å². The van der Waals surface area contributed by atoms with Crippen LogP contribution in [0, 0.1) is 0 Å². The second-order valence-corrected chi connectivity index (χ2v) is 4.24. The summed E-state index contributed by atoms with van der Waals surface area (Å²) in [5.74, 6) is 0. The molecule has 4 nitrogen and oxygen atoms in total. The summed E-state index contributed by atoms with van der Waals surface area (Å²) in [6.45, 7) is 0.840. The van der Waals surface area contributed by atoms with E-state index in [1.54, 1.807) is 6.20 Å². The highest BCUT2D eigenvalue weighted by Crippen LogP contribution is 2.23. The van der Waals surface area contributed by atoms with Gasteiger partial charge in [0.2, 0.25) is 0 Å². The molecule has 1 saturated heterocycles. The topological polar surface area (TPSA) is 39.9 Å². The molecule has 0 radical (unpaired) electrons. The molecule has 0 aromatic carbocycles. The second-order valence-electron chi connectivity index (χ2n) is 4.24. The number of hydrogen-bond donors (Lipinski definition) is 0. The molecule has 1 fully saturated rings. The van der Waals surface area contributed by atoms with E-state index >= 15 is 0 Å². The van der Waals surface area contributed by atoms with Gasteiger partial charge in [0.25, 0.3) is 0 Å². The summed E-state index contributed by atoms with van der Waals surface area (Å²) in [5.41, 5.74) is 1.99. The summed E-state index contributed by atoms with van der Waals surface area (Å²) in [6, 6.07) is 5.95. The number of pyridine rings is 1. The molecule has 0 N–H and O–H groups in total. The van der Waals surface area contributed by atoms with Crippen LogP contribution in [0.3, 0.4) is 0 Å². The number of nitrogens with zero attached hydrogens (tertiary/aromatic N) is 3. The summed E-state index contributed by atoms with van der Waals surface area (Å²) < 4.78 is 7.62. The molecular weight excluding hydrogens is 214 g/mol. The van der Waals surface area contributed by atoms with Gasteiger partial charge >= 0.3 is 0 Å². The normalized spacial score (nSPS) is 20.4. The van der Waals surface area contributed by atoms with Gasteiger partial charge in [-0.1, -0.05) is 0 Å². The first-order valence-corrected chi connectivity index (χ1v) is 6.01. The molecule has 0 amide bonds. The fourth-order valence-electron chi connectivity index (χ4n) is 2.10. The Morgan fingerprint density at radius 2 is 2.29 bits per heavy atom. The predicted octanol–water partition coefficient (Wildman–Crippen LogP) is 2.64. The van der Waals surface area contributed by atoms with Gasteiger partial charge in [0, 0.05) is 30.8 Å². The van der Waals surface area contributed by atoms with Gasteiger partial charge < -0.3 is 4.74 Å². The zero-order chi connectivity index (χ0) is 11.5. The van der Waals surface area contributed by atoms with E-state index in [2.05, 4.69) is 10.1 Å². The molecule has 0 aliphatic carbocycles. The third-order valence-corrected chi connectivity index (χ3v) is 3.02. The molecule has 1 atom stereocenters. The fraction of sp³-hybridized carbons (Fsp3) is 0.385. The van der Waals surface area contributed by atoms with Crippen LogP contribution in [0.1, 0.15) is 25.5 Å². The molecule has 4 heteroatoms. The lowest BCUT2D eigenvalue weighted by atomic mass is 10.2. The SMILES string of the molecule is c1cncc(-c2ccn(C3CCCCO3)n2)c1. The summed E-state index contributed by atoms with van der Waals surface area (Å²) in [7, 11) is 0. The smallest absolute Gasteiger partial charge is 0.150 e. The van der Waals surface area contributed by atoms with Gasteiger partial charge in [-0.25, -0.2) is 4.68 Å². The molecule has 1 aliphatic rings. The van der Waals surface area contributed by atoms with Crippen LogP contribution in [0.4, 0.5) is 0 Å². The third kappa shape index (κ3) is 2.22. The maximum absolute atomic E-state index is 5.70. The van der Waals surface area contributed by atoms with E-state index in [-0.39, 0.29) is 6.23 Å². The van der Waals surface area contributed by atoms with Crippen molar-refractivity contribution in [1.29, 1.82) is 0 Å². The van der Waals surface area contributed by atoms with Crippen LogP contribution < -0.4 is 0 Å².